The van der Waals surface area contributed by atoms with Crippen LogP contribution in [0.25, 0.3) is 0 Å². The number of aliphatic carboxylic acids is 2. The molecule has 0 aliphatic heterocycles. The molecule has 0 heterocycles. The summed E-state index contributed by atoms with van der Waals surface area (Å²) in [6, 6.07) is -1.96. The van der Waals surface area contributed by atoms with E-state index in [9.17, 15) is 14.4 Å². The van der Waals surface area contributed by atoms with Crippen LogP contribution in [0.5, 0.6) is 0 Å². The highest BCUT2D eigenvalue weighted by atomic mass is 16.4. The molecule has 0 spiro atoms. The fraction of sp³-hybridized carbons (Fsp3) is 0.727. The molecule has 0 rings (SSSR count). The van der Waals surface area contributed by atoms with Crippen molar-refractivity contribution in [3.8, 4) is 0 Å². The zero-order valence-corrected chi connectivity index (χ0v) is 10.8. The summed E-state index contributed by atoms with van der Waals surface area (Å²) in [6.45, 7) is 6.56. The number of hydrogen-bond donors (Lipinski definition) is 3. The molecule has 104 valence electrons. The van der Waals surface area contributed by atoms with E-state index in [1.54, 1.807) is 6.92 Å². The van der Waals surface area contributed by atoms with Crippen LogP contribution in [-0.2, 0) is 9.59 Å². The fourth-order valence-electron chi connectivity index (χ4n) is 1.41. The van der Waals surface area contributed by atoms with Crippen LogP contribution in [-0.4, -0.2) is 52.2 Å². The summed E-state index contributed by atoms with van der Waals surface area (Å²) in [6.07, 6.45) is -0.639. The van der Waals surface area contributed by atoms with Crippen molar-refractivity contribution in [2.45, 2.75) is 33.2 Å². The summed E-state index contributed by atoms with van der Waals surface area (Å²) in [7, 11) is 0. The molecule has 0 saturated carbocycles. The van der Waals surface area contributed by atoms with Crippen LogP contribution in [0, 0.1) is 5.92 Å². The Balaban J connectivity index is 4.56. The normalized spacial score (nSPS) is 12.0. The van der Waals surface area contributed by atoms with Gasteiger partial charge in [-0.05, 0) is 12.8 Å². The molecule has 0 saturated heterocycles. The first-order valence-electron chi connectivity index (χ1n) is 5.77. The predicted molar refractivity (Wildman–Crippen MR) is 64.3 cm³/mol. The summed E-state index contributed by atoms with van der Waals surface area (Å²) in [5, 5.41) is 19.6. The lowest BCUT2D eigenvalue weighted by Gasteiger charge is -2.25. The second-order valence-electron chi connectivity index (χ2n) is 4.37. The van der Waals surface area contributed by atoms with Gasteiger partial charge in [0, 0.05) is 13.1 Å². The minimum atomic E-state index is -1.41. The van der Waals surface area contributed by atoms with Gasteiger partial charge in [-0.3, -0.25) is 4.79 Å². The second-order valence-corrected chi connectivity index (χ2v) is 4.37. The highest BCUT2D eigenvalue weighted by molar-refractivity contribution is 5.86. The van der Waals surface area contributed by atoms with Crippen molar-refractivity contribution in [1.29, 1.82) is 0 Å². The Morgan fingerprint density at radius 2 is 1.78 bits per heavy atom. The number of nitrogens with one attached hydrogen (secondary N) is 1. The Bertz CT molecular complexity index is 317. The van der Waals surface area contributed by atoms with Gasteiger partial charge < -0.3 is 20.4 Å². The average molecular weight is 260 g/mol. The van der Waals surface area contributed by atoms with E-state index >= 15 is 0 Å². The Labute approximate surface area is 106 Å². The van der Waals surface area contributed by atoms with Crippen LogP contribution in [0.3, 0.4) is 0 Å². The summed E-state index contributed by atoms with van der Waals surface area (Å²) >= 11 is 0. The predicted octanol–water partition coefficient (Wildman–Crippen LogP) is 0.602. The molecule has 0 fully saturated rings. The molecule has 0 aliphatic rings. The average Bonchev–Trinajstić information content (AvgIpc) is 2.23. The van der Waals surface area contributed by atoms with Crippen molar-refractivity contribution in [3.05, 3.63) is 0 Å². The van der Waals surface area contributed by atoms with Gasteiger partial charge in [0.2, 0.25) is 0 Å². The highest BCUT2D eigenvalue weighted by Crippen LogP contribution is 2.01. The molecule has 18 heavy (non-hydrogen) atoms. The van der Waals surface area contributed by atoms with Crippen molar-refractivity contribution in [3.63, 3.8) is 0 Å². The molecule has 0 aromatic heterocycles. The third kappa shape index (κ3) is 6.07. The topological polar surface area (TPSA) is 107 Å². The molecule has 0 unspecified atom stereocenters. The molecule has 0 aliphatic carbocycles. The zero-order chi connectivity index (χ0) is 14.3. The van der Waals surface area contributed by atoms with Crippen molar-refractivity contribution < 1.29 is 24.6 Å². The first-order valence-corrected chi connectivity index (χ1v) is 5.77. The number of carboxylic acid groups (broad SMARTS) is 2. The highest BCUT2D eigenvalue weighted by Gasteiger charge is 2.25. The molecule has 0 radical (unpaired) electrons. The number of carboxylic acids is 2. The molecule has 0 bridgehead atoms. The maximum Gasteiger partial charge on any atom is 0.326 e. The van der Waals surface area contributed by atoms with E-state index in [2.05, 4.69) is 5.32 Å². The smallest absolute Gasteiger partial charge is 0.326 e. The summed E-state index contributed by atoms with van der Waals surface area (Å²) in [4.78, 5) is 34.5. The Hall–Kier alpha value is -1.79. The number of amides is 2. The maximum atomic E-state index is 11.8. The Morgan fingerprint density at radius 3 is 2.11 bits per heavy atom. The third-order valence-electron chi connectivity index (χ3n) is 2.23. The minimum absolute atomic E-state index is 0.249. The van der Waals surface area contributed by atoms with Crippen LogP contribution in [0.4, 0.5) is 4.79 Å². The quantitative estimate of drug-likeness (QED) is 0.621. The van der Waals surface area contributed by atoms with E-state index in [0.29, 0.717) is 13.1 Å². The number of hydrogen-bond acceptors (Lipinski definition) is 3. The first kappa shape index (κ1) is 16.2. The Kier molecular flexibility index (Phi) is 6.77. The fourth-order valence-corrected chi connectivity index (χ4v) is 1.41. The van der Waals surface area contributed by atoms with Crippen molar-refractivity contribution >= 4 is 18.0 Å². The molecular weight excluding hydrogens is 240 g/mol. The number of urea groups is 1. The molecular formula is C11H20N2O5. The molecule has 0 aromatic carbocycles. The van der Waals surface area contributed by atoms with Gasteiger partial charge in [0.1, 0.15) is 6.04 Å². The van der Waals surface area contributed by atoms with Crippen LogP contribution in [0.2, 0.25) is 0 Å². The SMILES string of the molecule is CCN(CC(C)C)C(=O)N[C@@H](CC(=O)O)C(=O)O. The van der Waals surface area contributed by atoms with Crippen molar-refractivity contribution in [2.24, 2.45) is 5.92 Å². The molecule has 1 atom stereocenters. The molecule has 7 nitrogen and oxygen atoms in total. The van der Waals surface area contributed by atoms with Crippen LogP contribution >= 0.6 is 0 Å². The van der Waals surface area contributed by atoms with Crippen molar-refractivity contribution in [1.82, 2.24) is 10.2 Å². The lowest BCUT2D eigenvalue weighted by molar-refractivity contribution is -0.145. The molecule has 2 amide bonds. The monoisotopic (exact) mass is 260 g/mol. The minimum Gasteiger partial charge on any atom is -0.481 e. The molecule has 3 N–H and O–H groups in total. The van der Waals surface area contributed by atoms with Gasteiger partial charge in [-0.25, -0.2) is 9.59 Å². The van der Waals surface area contributed by atoms with Crippen LogP contribution in [0.1, 0.15) is 27.2 Å². The van der Waals surface area contributed by atoms with E-state index in [-0.39, 0.29) is 5.92 Å². The van der Waals surface area contributed by atoms with Gasteiger partial charge in [-0.15, -0.1) is 0 Å². The van der Waals surface area contributed by atoms with Gasteiger partial charge in [-0.2, -0.15) is 0 Å². The van der Waals surface area contributed by atoms with Gasteiger partial charge in [0.15, 0.2) is 0 Å². The van der Waals surface area contributed by atoms with E-state index < -0.39 is 30.4 Å². The third-order valence-corrected chi connectivity index (χ3v) is 2.23. The maximum absolute atomic E-state index is 11.8. The first-order chi connectivity index (χ1) is 8.27. The van der Waals surface area contributed by atoms with Gasteiger partial charge in [-0.1, -0.05) is 13.8 Å². The lowest BCUT2D eigenvalue weighted by Crippen LogP contribution is -2.49. The number of carbonyl (C=O) groups is 3. The zero-order valence-electron chi connectivity index (χ0n) is 10.8. The van der Waals surface area contributed by atoms with Crippen LogP contribution < -0.4 is 5.32 Å². The van der Waals surface area contributed by atoms with E-state index in [0.717, 1.165) is 0 Å². The van der Waals surface area contributed by atoms with Gasteiger partial charge >= 0.3 is 18.0 Å². The number of carbonyl (C=O) groups excluding carboxylic acids is 1. The molecule has 7 heteroatoms. The number of rotatable bonds is 7. The van der Waals surface area contributed by atoms with Gasteiger partial charge in [0.05, 0.1) is 6.42 Å². The number of nitrogens with zero attached hydrogens (tertiary/aromatic N) is 1. The standard InChI is InChI=1S/C11H20N2O5/c1-4-13(6-7(2)3)11(18)12-8(10(16)17)5-9(14)15/h7-8H,4-6H2,1-3H3,(H,12,18)(H,14,15)(H,16,17)/t8-/m0/s1. The lowest BCUT2D eigenvalue weighted by atomic mass is 10.2. The van der Waals surface area contributed by atoms with Crippen LogP contribution in [0.15, 0.2) is 0 Å². The summed E-state index contributed by atoms with van der Waals surface area (Å²) < 4.78 is 0. The van der Waals surface area contributed by atoms with Crippen molar-refractivity contribution in [2.75, 3.05) is 13.1 Å². The Morgan fingerprint density at radius 1 is 1.22 bits per heavy atom. The van der Waals surface area contributed by atoms with E-state index in [4.69, 9.17) is 10.2 Å². The van der Waals surface area contributed by atoms with E-state index in [1.165, 1.54) is 4.90 Å². The second kappa shape index (κ2) is 7.52. The molecule has 0 aromatic rings. The van der Waals surface area contributed by atoms with Gasteiger partial charge in [0.25, 0.3) is 0 Å². The summed E-state index contributed by atoms with van der Waals surface area (Å²) in [5.41, 5.74) is 0. The summed E-state index contributed by atoms with van der Waals surface area (Å²) in [5.74, 6) is -2.38. The largest absolute Gasteiger partial charge is 0.481 e. The van der Waals surface area contributed by atoms with E-state index in [1.807, 2.05) is 13.8 Å².